The summed E-state index contributed by atoms with van der Waals surface area (Å²) in [6.07, 6.45) is 4.16. The van der Waals surface area contributed by atoms with Crippen LogP contribution >= 0.6 is 23.2 Å². The van der Waals surface area contributed by atoms with Crippen molar-refractivity contribution >= 4 is 33.2 Å². The van der Waals surface area contributed by atoms with Crippen LogP contribution in [0.25, 0.3) is 0 Å². The Labute approximate surface area is 130 Å². The van der Waals surface area contributed by atoms with Crippen molar-refractivity contribution in [2.45, 2.75) is 50.5 Å². The van der Waals surface area contributed by atoms with Crippen LogP contribution in [0, 0.1) is 12.8 Å². The summed E-state index contributed by atoms with van der Waals surface area (Å²) in [6.45, 7) is 3.85. The molecular formula is C14H19Cl2NO2S. The lowest BCUT2D eigenvalue weighted by molar-refractivity contribution is 0.310. The molecule has 0 bridgehead atoms. The molecule has 1 N–H and O–H groups in total. The van der Waals surface area contributed by atoms with Gasteiger partial charge in [0, 0.05) is 11.1 Å². The predicted molar refractivity (Wildman–Crippen MR) is 82.9 cm³/mol. The van der Waals surface area contributed by atoms with Gasteiger partial charge in [-0.25, -0.2) is 13.1 Å². The molecule has 0 spiro atoms. The van der Waals surface area contributed by atoms with Gasteiger partial charge in [0.2, 0.25) is 10.0 Å². The minimum atomic E-state index is -3.60. The largest absolute Gasteiger partial charge is 0.242 e. The second kappa shape index (κ2) is 6.22. The van der Waals surface area contributed by atoms with Crippen LogP contribution in [0.1, 0.15) is 38.2 Å². The number of benzene rings is 1. The van der Waals surface area contributed by atoms with Gasteiger partial charge in [-0.15, -0.1) is 0 Å². The van der Waals surface area contributed by atoms with Crippen LogP contribution in [-0.4, -0.2) is 14.5 Å². The fourth-order valence-corrected chi connectivity index (χ4v) is 4.80. The van der Waals surface area contributed by atoms with E-state index in [1.54, 1.807) is 6.92 Å². The Bertz CT molecular complexity index is 601. The Kier molecular flexibility index (Phi) is 5.00. The van der Waals surface area contributed by atoms with Crippen molar-refractivity contribution in [2.75, 3.05) is 0 Å². The van der Waals surface area contributed by atoms with E-state index in [1.807, 2.05) is 0 Å². The second-order valence-electron chi connectivity index (χ2n) is 5.52. The zero-order valence-corrected chi connectivity index (χ0v) is 13.9. The molecule has 1 saturated carbocycles. The zero-order chi connectivity index (χ0) is 14.9. The van der Waals surface area contributed by atoms with E-state index < -0.39 is 10.0 Å². The molecule has 0 radical (unpaired) electrons. The Morgan fingerprint density at radius 1 is 1.15 bits per heavy atom. The van der Waals surface area contributed by atoms with Gasteiger partial charge in [0.15, 0.2) is 0 Å². The van der Waals surface area contributed by atoms with Gasteiger partial charge in [-0.1, -0.05) is 43.0 Å². The van der Waals surface area contributed by atoms with Crippen LogP contribution in [0.3, 0.4) is 0 Å². The molecule has 0 aromatic heterocycles. The quantitative estimate of drug-likeness (QED) is 0.901. The predicted octanol–water partition coefficient (Wildman–Crippen LogP) is 4.16. The molecule has 2 unspecified atom stereocenters. The van der Waals surface area contributed by atoms with Gasteiger partial charge in [-0.05, 0) is 43.4 Å². The maximum absolute atomic E-state index is 12.5. The molecule has 1 aliphatic carbocycles. The Morgan fingerprint density at radius 3 is 2.45 bits per heavy atom. The Hall–Kier alpha value is -0.290. The molecule has 2 atom stereocenters. The number of hydrogen-bond acceptors (Lipinski definition) is 2. The number of hydrogen-bond donors (Lipinski definition) is 1. The highest BCUT2D eigenvalue weighted by Gasteiger charge is 2.28. The van der Waals surface area contributed by atoms with Crippen LogP contribution in [0.4, 0.5) is 0 Å². The molecule has 1 aromatic rings. The first-order valence-electron chi connectivity index (χ1n) is 6.79. The summed E-state index contributed by atoms with van der Waals surface area (Å²) in [4.78, 5) is 0.110. The molecule has 3 nitrogen and oxygen atoms in total. The summed E-state index contributed by atoms with van der Waals surface area (Å²) in [6, 6.07) is 3.00. The third-order valence-electron chi connectivity index (χ3n) is 3.92. The van der Waals surface area contributed by atoms with Gasteiger partial charge in [0.05, 0.1) is 5.02 Å². The van der Waals surface area contributed by atoms with E-state index in [0.717, 1.165) is 19.3 Å². The SMILES string of the molecule is Cc1cc(S(=O)(=O)NC2CCCCC2C)c(Cl)cc1Cl. The second-order valence-corrected chi connectivity index (χ2v) is 8.02. The number of halogens is 2. The van der Waals surface area contributed by atoms with E-state index >= 15 is 0 Å². The summed E-state index contributed by atoms with van der Waals surface area (Å²) >= 11 is 12.0. The Morgan fingerprint density at radius 2 is 1.80 bits per heavy atom. The molecule has 6 heteroatoms. The van der Waals surface area contributed by atoms with E-state index in [2.05, 4.69) is 11.6 Å². The first-order valence-corrected chi connectivity index (χ1v) is 9.03. The molecule has 0 saturated heterocycles. The van der Waals surface area contributed by atoms with Crippen LogP contribution in [0.15, 0.2) is 17.0 Å². The summed E-state index contributed by atoms with van der Waals surface area (Å²) in [7, 11) is -3.60. The van der Waals surface area contributed by atoms with Crippen LogP contribution < -0.4 is 4.72 Å². The fourth-order valence-electron chi connectivity index (χ4n) is 2.59. The minimum Gasteiger partial charge on any atom is -0.208 e. The number of nitrogens with one attached hydrogen (secondary N) is 1. The first-order chi connectivity index (χ1) is 9.31. The maximum Gasteiger partial charge on any atom is 0.242 e. The highest BCUT2D eigenvalue weighted by molar-refractivity contribution is 7.89. The minimum absolute atomic E-state index is 0.0131. The van der Waals surface area contributed by atoms with Gasteiger partial charge in [0.1, 0.15) is 4.90 Å². The number of aryl methyl sites for hydroxylation is 1. The highest BCUT2D eigenvalue weighted by atomic mass is 35.5. The van der Waals surface area contributed by atoms with E-state index in [0.29, 0.717) is 16.5 Å². The highest BCUT2D eigenvalue weighted by Crippen LogP contribution is 2.30. The monoisotopic (exact) mass is 335 g/mol. The Balaban J connectivity index is 2.28. The van der Waals surface area contributed by atoms with Crippen molar-refractivity contribution in [1.82, 2.24) is 4.72 Å². The molecule has 0 heterocycles. The molecule has 0 amide bonds. The van der Waals surface area contributed by atoms with Crippen molar-refractivity contribution in [2.24, 2.45) is 5.92 Å². The summed E-state index contributed by atoms with van der Waals surface area (Å²) in [5.74, 6) is 0.352. The summed E-state index contributed by atoms with van der Waals surface area (Å²) < 4.78 is 27.8. The van der Waals surface area contributed by atoms with Crippen molar-refractivity contribution in [1.29, 1.82) is 0 Å². The van der Waals surface area contributed by atoms with Gasteiger partial charge < -0.3 is 0 Å². The summed E-state index contributed by atoms with van der Waals surface area (Å²) in [5.41, 5.74) is 0.702. The van der Waals surface area contributed by atoms with Crippen molar-refractivity contribution in [3.8, 4) is 0 Å². The lowest BCUT2D eigenvalue weighted by atomic mass is 9.87. The lowest BCUT2D eigenvalue weighted by Gasteiger charge is -2.29. The van der Waals surface area contributed by atoms with E-state index in [4.69, 9.17) is 23.2 Å². The normalized spacial score (nSPS) is 23.8. The van der Waals surface area contributed by atoms with Gasteiger partial charge in [-0.3, -0.25) is 0 Å². The average molecular weight is 336 g/mol. The fraction of sp³-hybridized carbons (Fsp3) is 0.571. The molecule has 112 valence electrons. The van der Waals surface area contributed by atoms with Crippen LogP contribution in [0.2, 0.25) is 10.0 Å². The molecule has 1 fully saturated rings. The molecule has 0 aliphatic heterocycles. The van der Waals surface area contributed by atoms with Crippen molar-refractivity contribution in [3.63, 3.8) is 0 Å². The molecule has 2 rings (SSSR count). The summed E-state index contributed by atoms with van der Waals surface area (Å²) in [5, 5.41) is 0.636. The van der Waals surface area contributed by atoms with Crippen molar-refractivity contribution < 1.29 is 8.42 Å². The average Bonchev–Trinajstić information content (AvgIpc) is 2.36. The lowest BCUT2D eigenvalue weighted by Crippen LogP contribution is -2.41. The van der Waals surface area contributed by atoms with Gasteiger partial charge >= 0.3 is 0 Å². The number of sulfonamides is 1. The molecule has 1 aliphatic rings. The van der Waals surface area contributed by atoms with Crippen molar-refractivity contribution in [3.05, 3.63) is 27.7 Å². The first kappa shape index (κ1) is 16.1. The third kappa shape index (κ3) is 3.48. The van der Waals surface area contributed by atoms with Crippen LogP contribution in [0.5, 0.6) is 0 Å². The molecule has 20 heavy (non-hydrogen) atoms. The van der Waals surface area contributed by atoms with E-state index in [1.165, 1.54) is 18.6 Å². The maximum atomic E-state index is 12.5. The molecular weight excluding hydrogens is 317 g/mol. The van der Waals surface area contributed by atoms with Gasteiger partial charge in [-0.2, -0.15) is 0 Å². The molecule has 1 aromatic carbocycles. The standard InChI is InChI=1S/C14H19Cl2NO2S/c1-9-5-3-4-6-13(9)17-20(18,19)14-7-10(2)11(15)8-12(14)16/h7-9,13,17H,3-6H2,1-2H3. The van der Waals surface area contributed by atoms with E-state index in [-0.39, 0.29) is 16.0 Å². The zero-order valence-electron chi connectivity index (χ0n) is 11.6. The smallest absolute Gasteiger partial charge is 0.208 e. The number of rotatable bonds is 3. The van der Waals surface area contributed by atoms with Crippen LogP contribution in [-0.2, 0) is 10.0 Å². The third-order valence-corrected chi connectivity index (χ3v) is 6.28. The topological polar surface area (TPSA) is 46.2 Å². The van der Waals surface area contributed by atoms with Gasteiger partial charge in [0.25, 0.3) is 0 Å². The van der Waals surface area contributed by atoms with E-state index in [9.17, 15) is 8.42 Å².